The van der Waals surface area contributed by atoms with Gasteiger partial charge in [-0.15, -0.1) is 11.8 Å². The van der Waals surface area contributed by atoms with E-state index < -0.39 is 0 Å². The Balaban J connectivity index is 2.59. The van der Waals surface area contributed by atoms with E-state index in [0.717, 1.165) is 0 Å². The number of rotatable bonds is 0. The Labute approximate surface area is 67.3 Å². The van der Waals surface area contributed by atoms with E-state index in [4.69, 9.17) is 0 Å². The predicted molar refractivity (Wildman–Crippen MR) is 49.1 cm³/mol. The van der Waals surface area contributed by atoms with Crippen LogP contribution < -0.4 is 0 Å². The van der Waals surface area contributed by atoms with Crippen molar-refractivity contribution in [2.24, 2.45) is 4.99 Å². The first kappa shape index (κ1) is 8.12. The molecule has 2 heteroatoms. The summed E-state index contributed by atoms with van der Waals surface area (Å²) in [6.45, 7) is 6.62. The summed E-state index contributed by atoms with van der Waals surface area (Å²) in [5.41, 5.74) is 0. The van der Waals surface area contributed by atoms with Gasteiger partial charge in [0.1, 0.15) is 0 Å². The molecule has 0 N–H and O–H groups in total. The Morgan fingerprint density at radius 1 is 1.60 bits per heavy atom. The highest BCUT2D eigenvalue weighted by Crippen LogP contribution is 2.26. The van der Waals surface area contributed by atoms with Gasteiger partial charge in [0.25, 0.3) is 0 Å². The maximum absolute atomic E-state index is 4.43. The van der Waals surface area contributed by atoms with Crippen LogP contribution in [0.2, 0.25) is 0 Å². The zero-order chi connectivity index (χ0) is 7.61. The number of aliphatic imine (C=N–C) groups is 1. The second kappa shape index (κ2) is 2.95. The first-order valence-electron chi connectivity index (χ1n) is 3.78. The van der Waals surface area contributed by atoms with E-state index in [1.165, 1.54) is 12.2 Å². The van der Waals surface area contributed by atoms with Gasteiger partial charge in [-0.2, -0.15) is 0 Å². The topological polar surface area (TPSA) is 12.4 Å². The molecule has 0 radical (unpaired) electrons. The molecule has 1 aliphatic rings. The molecule has 0 aromatic carbocycles. The molecule has 1 heterocycles. The van der Waals surface area contributed by atoms with Crippen molar-refractivity contribution in [1.29, 1.82) is 0 Å². The Hall–Kier alpha value is 0.0200. The van der Waals surface area contributed by atoms with Gasteiger partial charge in [0.05, 0.1) is 0 Å². The van der Waals surface area contributed by atoms with Crippen molar-refractivity contribution in [3.05, 3.63) is 0 Å². The minimum Gasteiger partial charge on any atom is -0.293 e. The van der Waals surface area contributed by atoms with Crippen LogP contribution in [0.25, 0.3) is 0 Å². The highest BCUT2D eigenvalue weighted by molar-refractivity contribution is 8.01. The largest absolute Gasteiger partial charge is 0.293 e. The molecule has 0 spiro atoms. The highest BCUT2D eigenvalue weighted by Gasteiger charge is 2.18. The highest BCUT2D eigenvalue weighted by atomic mass is 32.2. The van der Waals surface area contributed by atoms with Crippen LogP contribution >= 0.6 is 11.8 Å². The molecule has 1 aliphatic heterocycles. The SMILES string of the molecule is CC1CCSC(C)(C)C=N1. The van der Waals surface area contributed by atoms with Crippen LogP contribution in [0.3, 0.4) is 0 Å². The summed E-state index contributed by atoms with van der Waals surface area (Å²) in [5.74, 6) is 1.24. The summed E-state index contributed by atoms with van der Waals surface area (Å²) < 4.78 is 0.269. The van der Waals surface area contributed by atoms with Crippen LogP contribution in [-0.2, 0) is 0 Å². The molecule has 0 saturated carbocycles. The van der Waals surface area contributed by atoms with Crippen molar-refractivity contribution in [3.63, 3.8) is 0 Å². The average Bonchev–Trinajstić information content (AvgIpc) is 1.94. The molecule has 0 aromatic rings. The fraction of sp³-hybridized carbons (Fsp3) is 0.875. The molecule has 0 bridgehead atoms. The lowest BCUT2D eigenvalue weighted by atomic mass is 10.2. The monoisotopic (exact) mass is 157 g/mol. The number of hydrogen-bond acceptors (Lipinski definition) is 2. The van der Waals surface area contributed by atoms with Crippen LogP contribution in [0.15, 0.2) is 4.99 Å². The lowest BCUT2D eigenvalue weighted by Crippen LogP contribution is -2.15. The van der Waals surface area contributed by atoms with Crippen LogP contribution in [-0.4, -0.2) is 22.8 Å². The van der Waals surface area contributed by atoms with Gasteiger partial charge in [-0.3, -0.25) is 4.99 Å². The molecule has 0 aromatic heterocycles. The molecule has 58 valence electrons. The fourth-order valence-electron chi connectivity index (χ4n) is 0.911. The Bertz CT molecular complexity index is 140. The van der Waals surface area contributed by atoms with Crippen molar-refractivity contribution in [2.75, 3.05) is 5.75 Å². The third kappa shape index (κ3) is 2.33. The van der Waals surface area contributed by atoms with E-state index in [1.807, 2.05) is 11.8 Å². The van der Waals surface area contributed by atoms with Gasteiger partial charge in [0.2, 0.25) is 0 Å². The smallest absolute Gasteiger partial charge is 0.0476 e. The van der Waals surface area contributed by atoms with Crippen LogP contribution in [0.4, 0.5) is 0 Å². The normalized spacial score (nSPS) is 31.7. The lowest BCUT2D eigenvalue weighted by Gasteiger charge is -2.15. The van der Waals surface area contributed by atoms with Crippen molar-refractivity contribution in [1.82, 2.24) is 0 Å². The van der Waals surface area contributed by atoms with Crippen molar-refractivity contribution < 1.29 is 0 Å². The third-order valence-electron chi connectivity index (χ3n) is 1.65. The van der Waals surface area contributed by atoms with Crippen LogP contribution in [0.5, 0.6) is 0 Å². The third-order valence-corrected chi connectivity index (χ3v) is 2.94. The van der Waals surface area contributed by atoms with Gasteiger partial charge in [0, 0.05) is 17.0 Å². The maximum Gasteiger partial charge on any atom is 0.0476 e. The van der Waals surface area contributed by atoms with Crippen LogP contribution in [0, 0.1) is 0 Å². The molecular formula is C8H15NS. The van der Waals surface area contributed by atoms with Crippen molar-refractivity contribution in [3.8, 4) is 0 Å². The zero-order valence-corrected chi connectivity index (χ0v) is 7.74. The molecule has 0 saturated heterocycles. The van der Waals surface area contributed by atoms with Gasteiger partial charge in [-0.05, 0) is 32.9 Å². The van der Waals surface area contributed by atoms with Gasteiger partial charge in [-0.25, -0.2) is 0 Å². The van der Waals surface area contributed by atoms with Crippen molar-refractivity contribution >= 4 is 18.0 Å². The standard InChI is InChI=1S/C8H15NS/c1-7-4-5-10-8(2,3)6-9-7/h6-7H,4-5H2,1-3H3. The molecule has 1 rings (SSSR count). The van der Waals surface area contributed by atoms with E-state index in [2.05, 4.69) is 32.0 Å². The van der Waals surface area contributed by atoms with E-state index in [9.17, 15) is 0 Å². The molecule has 1 atom stereocenters. The summed E-state index contributed by atoms with van der Waals surface area (Å²) in [5, 5.41) is 0. The maximum atomic E-state index is 4.43. The summed E-state index contributed by atoms with van der Waals surface area (Å²) in [7, 11) is 0. The first-order chi connectivity index (χ1) is 4.60. The summed E-state index contributed by atoms with van der Waals surface area (Å²) in [6, 6.07) is 0.536. The van der Waals surface area contributed by atoms with Gasteiger partial charge < -0.3 is 0 Å². The number of nitrogens with zero attached hydrogens (tertiary/aromatic N) is 1. The van der Waals surface area contributed by atoms with E-state index in [-0.39, 0.29) is 4.75 Å². The molecule has 10 heavy (non-hydrogen) atoms. The fourth-order valence-corrected chi connectivity index (χ4v) is 2.03. The van der Waals surface area contributed by atoms with Crippen LogP contribution in [0.1, 0.15) is 27.2 Å². The second-order valence-electron chi connectivity index (χ2n) is 3.37. The van der Waals surface area contributed by atoms with E-state index >= 15 is 0 Å². The molecular weight excluding hydrogens is 142 g/mol. The number of thioether (sulfide) groups is 1. The minimum absolute atomic E-state index is 0.269. The average molecular weight is 157 g/mol. The second-order valence-corrected chi connectivity index (χ2v) is 5.12. The molecule has 0 fully saturated rings. The van der Waals surface area contributed by atoms with E-state index in [0.29, 0.717) is 6.04 Å². The lowest BCUT2D eigenvalue weighted by molar-refractivity contribution is 0.729. The summed E-state index contributed by atoms with van der Waals surface area (Å²) >= 11 is 2.00. The van der Waals surface area contributed by atoms with Gasteiger partial charge in [0.15, 0.2) is 0 Å². The minimum atomic E-state index is 0.269. The summed E-state index contributed by atoms with van der Waals surface area (Å²) in [4.78, 5) is 4.43. The Morgan fingerprint density at radius 3 is 3.00 bits per heavy atom. The first-order valence-corrected chi connectivity index (χ1v) is 4.77. The zero-order valence-electron chi connectivity index (χ0n) is 6.92. The van der Waals surface area contributed by atoms with Gasteiger partial charge in [-0.1, -0.05) is 0 Å². The Kier molecular flexibility index (Phi) is 2.40. The molecule has 1 nitrogen and oxygen atoms in total. The number of hydrogen-bond donors (Lipinski definition) is 0. The quantitative estimate of drug-likeness (QED) is 0.526. The summed E-state index contributed by atoms with van der Waals surface area (Å²) in [6.07, 6.45) is 3.32. The van der Waals surface area contributed by atoms with E-state index in [1.54, 1.807) is 0 Å². The Morgan fingerprint density at radius 2 is 2.30 bits per heavy atom. The predicted octanol–water partition coefficient (Wildman–Crippen LogP) is 2.36. The molecule has 1 unspecified atom stereocenters. The van der Waals surface area contributed by atoms with Gasteiger partial charge >= 0.3 is 0 Å². The van der Waals surface area contributed by atoms with Crippen molar-refractivity contribution in [2.45, 2.75) is 38.0 Å². The molecule has 0 amide bonds. The molecule has 0 aliphatic carbocycles.